The molecule has 2 heterocycles. The Labute approximate surface area is 149 Å². The summed E-state index contributed by atoms with van der Waals surface area (Å²) in [5, 5.41) is 9.37. The molecule has 0 unspecified atom stereocenters. The summed E-state index contributed by atoms with van der Waals surface area (Å²) in [7, 11) is 0. The Hall–Kier alpha value is -2.40. The van der Waals surface area contributed by atoms with E-state index in [1.807, 2.05) is 6.07 Å². The summed E-state index contributed by atoms with van der Waals surface area (Å²) >= 11 is 1.74. The van der Waals surface area contributed by atoms with Crippen molar-refractivity contribution < 1.29 is 9.32 Å². The number of carbonyl (C=O) groups is 1. The molecule has 1 amide bonds. The van der Waals surface area contributed by atoms with E-state index >= 15 is 0 Å². The zero-order valence-electron chi connectivity index (χ0n) is 13.7. The molecule has 0 saturated carbocycles. The molecule has 2 aromatic heterocycles. The van der Waals surface area contributed by atoms with Crippen molar-refractivity contribution in [2.45, 2.75) is 38.1 Å². The molecular formula is C20H18N2O2S. The minimum Gasteiger partial charge on any atom is -0.355 e. The van der Waals surface area contributed by atoms with Crippen LogP contribution in [0.5, 0.6) is 0 Å². The summed E-state index contributed by atoms with van der Waals surface area (Å²) in [6.45, 7) is 0. The maximum atomic E-state index is 12.9. The van der Waals surface area contributed by atoms with E-state index in [0.717, 1.165) is 49.0 Å². The van der Waals surface area contributed by atoms with E-state index in [9.17, 15) is 4.79 Å². The van der Waals surface area contributed by atoms with Gasteiger partial charge in [-0.05, 0) is 54.7 Å². The number of fused-ring (bicyclic) bond motifs is 4. The highest BCUT2D eigenvalue weighted by Gasteiger charge is 2.30. The topological polar surface area (TPSA) is 55.1 Å². The lowest BCUT2D eigenvalue weighted by Gasteiger charge is -2.26. The molecule has 4 nitrogen and oxygen atoms in total. The third kappa shape index (κ3) is 2.42. The van der Waals surface area contributed by atoms with Gasteiger partial charge in [0.15, 0.2) is 11.5 Å². The van der Waals surface area contributed by atoms with Crippen LogP contribution in [0.25, 0.3) is 11.3 Å². The van der Waals surface area contributed by atoms with E-state index in [1.54, 1.807) is 11.3 Å². The molecule has 0 radical (unpaired) electrons. The van der Waals surface area contributed by atoms with Crippen LogP contribution in [-0.4, -0.2) is 11.1 Å². The maximum absolute atomic E-state index is 12.9. The van der Waals surface area contributed by atoms with Crippen molar-refractivity contribution in [1.82, 2.24) is 10.5 Å². The molecule has 1 N–H and O–H groups in total. The molecule has 2 aliphatic rings. The van der Waals surface area contributed by atoms with Crippen LogP contribution in [0.4, 0.5) is 0 Å². The third-order valence-electron chi connectivity index (χ3n) is 5.27. The lowest BCUT2D eigenvalue weighted by molar-refractivity contribution is 0.0923. The molecule has 0 spiro atoms. The zero-order valence-corrected chi connectivity index (χ0v) is 14.6. The molecule has 126 valence electrons. The van der Waals surface area contributed by atoms with E-state index in [2.05, 4.69) is 40.1 Å². The molecule has 5 heteroatoms. The second-order valence-corrected chi connectivity index (χ2v) is 7.71. The van der Waals surface area contributed by atoms with Crippen molar-refractivity contribution in [2.24, 2.45) is 0 Å². The number of thiophene rings is 1. The van der Waals surface area contributed by atoms with Crippen molar-refractivity contribution in [3.8, 4) is 11.3 Å². The zero-order chi connectivity index (χ0) is 16.8. The first-order valence-electron chi connectivity index (χ1n) is 8.75. The van der Waals surface area contributed by atoms with Crippen molar-refractivity contribution >= 4 is 17.2 Å². The van der Waals surface area contributed by atoms with E-state index < -0.39 is 0 Å². The van der Waals surface area contributed by atoms with Crippen molar-refractivity contribution in [1.29, 1.82) is 0 Å². The van der Waals surface area contributed by atoms with Gasteiger partial charge in [0.1, 0.15) is 0 Å². The van der Waals surface area contributed by atoms with Gasteiger partial charge in [-0.1, -0.05) is 29.4 Å². The van der Waals surface area contributed by atoms with Crippen LogP contribution in [0.15, 0.2) is 40.2 Å². The van der Waals surface area contributed by atoms with Gasteiger partial charge < -0.3 is 9.84 Å². The number of nitrogens with zero attached hydrogens (tertiary/aromatic N) is 1. The summed E-state index contributed by atoms with van der Waals surface area (Å²) in [5.41, 5.74) is 5.08. The fourth-order valence-electron chi connectivity index (χ4n) is 4.04. The van der Waals surface area contributed by atoms with Crippen molar-refractivity contribution in [3.05, 3.63) is 63.0 Å². The largest absolute Gasteiger partial charge is 0.355 e. The van der Waals surface area contributed by atoms with E-state index in [1.165, 1.54) is 16.0 Å². The van der Waals surface area contributed by atoms with Gasteiger partial charge in [0.05, 0.1) is 6.04 Å². The Morgan fingerprint density at radius 2 is 2.12 bits per heavy atom. The number of benzene rings is 1. The fourth-order valence-corrected chi connectivity index (χ4v) is 4.91. The molecule has 5 rings (SSSR count). The van der Waals surface area contributed by atoms with E-state index in [0.29, 0.717) is 5.69 Å². The van der Waals surface area contributed by atoms with Crippen LogP contribution in [0.1, 0.15) is 50.9 Å². The quantitative estimate of drug-likeness (QED) is 0.749. The Morgan fingerprint density at radius 3 is 3.08 bits per heavy atom. The highest BCUT2D eigenvalue weighted by atomic mass is 32.1. The molecule has 3 aromatic rings. The summed E-state index contributed by atoms with van der Waals surface area (Å²) in [4.78, 5) is 14.2. The number of rotatable bonds is 2. The first-order chi connectivity index (χ1) is 12.3. The minimum atomic E-state index is -0.120. The van der Waals surface area contributed by atoms with Crippen LogP contribution < -0.4 is 5.32 Å². The SMILES string of the molecule is O=C(N[C@H]1CCCc2ccccc21)c1noc2c1CCc1sccc1-2. The van der Waals surface area contributed by atoms with Crippen LogP contribution in [0, 0.1) is 0 Å². The minimum absolute atomic E-state index is 0.0603. The molecule has 1 atom stereocenters. The van der Waals surface area contributed by atoms with Crippen LogP contribution in [-0.2, 0) is 19.3 Å². The third-order valence-corrected chi connectivity index (χ3v) is 6.25. The average molecular weight is 350 g/mol. The normalized spacial score (nSPS) is 18.2. The number of carbonyl (C=O) groups excluding carboxylic acids is 1. The second-order valence-electron chi connectivity index (χ2n) is 6.71. The Bertz CT molecular complexity index is 956. The van der Waals surface area contributed by atoms with Crippen LogP contribution >= 0.6 is 11.3 Å². The monoisotopic (exact) mass is 350 g/mol. The Morgan fingerprint density at radius 1 is 1.20 bits per heavy atom. The standard InChI is InChI=1S/C20H18N2O2S/c23-20(21-16-7-3-5-12-4-1-2-6-13(12)16)18-15-8-9-17-14(10-11-25-17)19(15)24-22-18/h1-2,4,6,10-11,16H,3,5,7-9H2,(H,21,23)/t16-/m0/s1. The smallest absolute Gasteiger partial charge is 0.274 e. The van der Waals surface area contributed by atoms with Crippen LogP contribution in [0.2, 0.25) is 0 Å². The predicted octanol–water partition coefficient (Wildman–Crippen LogP) is 4.31. The van der Waals surface area contributed by atoms with Crippen LogP contribution in [0.3, 0.4) is 0 Å². The van der Waals surface area contributed by atoms with E-state index in [4.69, 9.17) is 4.52 Å². The van der Waals surface area contributed by atoms with E-state index in [-0.39, 0.29) is 11.9 Å². The van der Waals surface area contributed by atoms with Gasteiger partial charge in [-0.15, -0.1) is 11.3 Å². The number of hydrogen-bond donors (Lipinski definition) is 1. The van der Waals surface area contributed by atoms with Gasteiger partial charge in [0, 0.05) is 16.0 Å². The molecule has 2 aliphatic carbocycles. The fraction of sp³-hybridized carbons (Fsp3) is 0.300. The van der Waals surface area contributed by atoms with Gasteiger partial charge in [0.25, 0.3) is 5.91 Å². The van der Waals surface area contributed by atoms with Gasteiger partial charge >= 0.3 is 0 Å². The van der Waals surface area contributed by atoms with Gasteiger partial charge in [0.2, 0.25) is 0 Å². The molecule has 0 aliphatic heterocycles. The van der Waals surface area contributed by atoms with Gasteiger partial charge in [-0.3, -0.25) is 4.79 Å². The maximum Gasteiger partial charge on any atom is 0.274 e. The molecule has 0 saturated heterocycles. The Kier molecular flexibility index (Phi) is 3.48. The number of aryl methyl sites for hydroxylation is 2. The number of hydrogen-bond acceptors (Lipinski definition) is 4. The van der Waals surface area contributed by atoms with Crippen molar-refractivity contribution in [3.63, 3.8) is 0 Å². The van der Waals surface area contributed by atoms with Crippen molar-refractivity contribution in [2.75, 3.05) is 0 Å². The molecule has 1 aromatic carbocycles. The summed E-state index contributed by atoms with van der Waals surface area (Å²) in [6.07, 6.45) is 4.92. The molecule has 0 fully saturated rings. The summed E-state index contributed by atoms with van der Waals surface area (Å²) in [6, 6.07) is 10.5. The highest BCUT2D eigenvalue weighted by molar-refractivity contribution is 7.10. The molecular weight excluding hydrogens is 332 g/mol. The number of nitrogens with one attached hydrogen (secondary N) is 1. The highest BCUT2D eigenvalue weighted by Crippen LogP contribution is 2.38. The lowest BCUT2D eigenvalue weighted by Crippen LogP contribution is -2.31. The summed E-state index contributed by atoms with van der Waals surface area (Å²) < 4.78 is 5.55. The first kappa shape index (κ1) is 14.9. The summed E-state index contributed by atoms with van der Waals surface area (Å²) in [5.74, 6) is 0.655. The second kappa shape index (κ2) is 5.85. The molecule has 25 heavy (non-hydrogen) atoms. The Balaban J connectivity index is 1.44. The average Bonchev–Trinajstić information content (AvgIpc) is 3.28. The van der Waals surface area contributed by atoms with Gasteiger partial charge in [-0.2, -0.15) is 0 Å². The van der Waals surface area contributed by atoms with Gasteiger partial charge in [-0.25, -0.2) is 0 Å². The number of aromatic nitrogens is 1. The molecule has 0 bridgehead atoms. The first-order valence-corrected chi connectivity index (χ1v) is 9.63. The number of amides is 1. The lowest BCUT2D eigenvalue weighted by atomic mass is 9.87. The predicted molar refractivity (Wildman–Crippen MR) is 96.8 cm³/mol.